The SMILES string of the molecule is O=C1CCC(N2Cc3c(NC(=O)Cn4cc(-c5cccc(Cl)c5)nn4)cccc3C2=O)C(=O)N1. The summed E-state index contributed by atoms with van der Waals surface area (Å²) in [5.74, 6) is -1.47. The predicted molar refractivity (Wildman–Crippen MR) is 122 cm³/mol. The van der Waals surface area contributed by atoms with Crippen molar-refractivity contribution < 1.29 is 19.2 Å². The Labute approximate surface area is 198 Å². The minimum atomic E-state index is -0.721. The molecule has 0 bridgehead atoms. The molecule has 11 heteroatoms. The van der Waals surface area contributed by atoms with Crippen LogP contribution in [0.3, 0.4) is 0 Å². The third kappa shape index (κ3) is 4.15. The number of nitrogens with one attached hydrogen (secondary N) is 2. The van der Waals surface area contributed by atoms with Gasteiger partial charge in [0.25, 0.3) is 5.91 Å². The van der Waals surface area contributed by atoms with Gasteiger partial charge in [0.15, 0.2) is 0 Å². The van der Waals surface area contributed by atoms with Crippen LogP contribution in [0.1, 0.15) is 28.8 Å². The lowest BCUT2D eigenvalue weighted by atomic mass is 10.0. The molecule has 5 rings (SSSR count). The van der Waals surface area contributed by atoms with Crippen LogP contribution in [-0.4, -0.2) is 49.6 Å². The van der Waals surface area contributed by atoms with E-state index in [2.05, 4.69) is 20.9 Å². The molecule has 1 atom stereocenters. The lowest BCUT2D eigenvalue weighted by Crippen LogP contribution is -2.52. The molecular formula is C23H19ClN6O4. The number of nitrogens with zero attached hydrogens (tertiary/aromatic N) is 4. The molecule has 1 unspecified atom stereocenters. The largest absolute Gasteiger partial charge is 0.324 e. The van der Waals surface area contributed by atoms with Crippen LogP contribution in [0.2, 0.25) is 5.02 Å². The van der Waals surface area contributed by atoms with E-state index in [1.165, 1.54) is 9.58 Å². The molecule has 2 aliphatic heterocycles. The van der Waals surface area contributed by atoms with E-state index < -0.39 is 11.9 Å². The molecule has 1 fully saturated rings. The van der Waals surface area contributed by atoms with Gasteiger partial charge in [-0.3, -0.25) is 24.5 Å². The lowest BCUT2D eigenvalue weighted by molar-refractivity contribution is -0.137. The van der Waals surface area contributed by atoms with E-state index in [0.717, 1.165) is 5.56 Å². The van der Waals surface area contributed by atoms with Crippen molar-refractivity contribution in [3.63, 3.8) is 0 Å². The molecule has 1 aromatic heterocycles. The summed E-state index contributed by atoms with van der Waals surface area (Å²) in [6.45, 7) is 0.0845. The first-order valence-corrected chi connectivity index (χ1v) is 11.0. The zero-order chi connectivity index (χ0) is 23.8. The standard InChI is InChI=1S/C23H19ClN6O4/c24-14-4-1-3-13(9-14)18-11-29(28-27-18)12-21(32)25-17-6-2-5-15-16(17)10-30(23(15)34)19-7-8-20(31)26-22(19)33/h1-6,9,11,19H,7-8,10,12H2,(H,25,32)(H,26,31,33). The van der Waals surface area contributed by atoms with E-state index in [4.69, 9.17) is 11.6 Å². The van der Waals surface area contributed by atoms with Gasteiger partial charge in [-0.25, -0.2) is 4.68 Å². The fourth-order valence-electron chi connectivity index (χ4n) is 4.20. The average molecular weight is 479 g/mol. The number of hydrogen-bond donors (Lipinski definition) is 2. The Kier molecular flexibility index (Phi) is 5.58. The van der Waals surface area contributed by atoms with Crippen molar-refractivity contribution in [2.75, 3.05) is 5.32 Å². The molecule has 2 N–H and O–H groups in total. The Morgan fingerprint density at radius 3 is 2.79 bits per heavy atom. The van der Waals surface area contributed by atoms with Crippen LogP contribution in [0.4, 0.5) is 5.69 Å². The van der Waals surface area contributed by atoms with Gasteiger partial charge in [0.1, 0.15) is 18.3 Å². The Morgan fingerprint density at radius 1 is 1.18 bits per heavy atom. The molecule has 2 aromatic carbocycles. The monoisotopic (exact) mass is 478 g/mol. The molecule has 0 aliphatic carbocycles. The molecule has 2 aliphatic rings. The molecule has 3 aromatic rings. The zero-order valence-electron chi connectivity index (χ0n) is 17.8. The Bertz CT molecular complexity index is 1340. The summed E-state index contributed by atoms with van der Waals surface area (Å²) in [7, 11) is 0. The normalized spacial score (nSPS) is 17.5. The molecule has 4 amide bonds. The molecule has 0 spiro atoms. The van der Waals surface area contributed by atoms with Crippen LogP contribution < -0.4 is 10.6 Å². The van der Waals surface area contributed by atoms with Crippen molar-refractivity contribution in [3.8, 4) is 11.3 Å². The maximum absolute atomic E-state index is 12.9. The molecule has 3 heterocycles. The number of benzene rings is 2. The highest BCUT2D eigenvalue weighted by Gasteiger charge is 2.39. The number of carbonyl (C=O) groups is 4. The highest BCUT2D eigenvalue weighted by molar-refractivity contribution is 6.30. The molecule has 10 nitrogen and oxygen atoms in total. The quantitative estimate of drug-likeness (QED) is 0.540. The third-order valence-electron chi connectivity index (χ3n) is 5.82. The highest BCUT2D eigenvalue weighted by atomic mass is 35.5. The van der Waals surface area contributed by atoms with E-state index in [1.807, 2.05) is 6.07 Å². The van der Waals surface area contributed by atoms with E-state index in [1.54, 1.807) is 42.6 Å². The van der Waals surface area contributed by atoms with Crippen LogP contribution in [0.25, 0.3) is 11.3 Å². The number of carbonyl (C=O) groups excluding carboxylic acids is 4. The number of piperidine rings is 1. The molecule has 0 radical (unpaired) electrons. The molecule has 34 heavy (non-hydrogen) atoms. The summed E-state index contributed by atoms with van der Waals surface area (Å²) in [5, 5.41) is 13.8. The maximum Gasteiger partial charge on any atom is 0.255 e. The lowest BCUT2D eigenvalue weighted by Gasteiger charge is -2.29. The van der Waals surface area contributed by atoms with Gasteiger partial charge in [0.05, 0.1) is 6.20 Å². The topological polar surface area (TPSA) is 126 Å². The number of anilines is 1. The van der Waals surface area contributed by atoms with E-state index in [-0.39, 0.29) is 43.7 Å². The van der Waals surface area contributed by atoms with Gasteiger partial charge in [-0.15, -0.1) is 5.10 Å². The summed E-state index contributed by atoms with van der Waals surface area (Å²) < 4.78 is 1.41. The van der Waals surface area contributed by atoms with Gasteiger partial charge in [-0.2, -0.15) is 0 Å². The maximum atomic E-state index is 12.9. The first kappa shape index (κ1) is 21.8. The van der Waals surface area contributed by atoms with Gasteiger partial charge >= 0.3 is 0 Å². The van der Waals surface area contributed by atoms with Crippen molar-refractivity contribution in [2.45, 2.75) is 32.0 Å². The second kappa shape index (κ2) is 8.71. The van der Waals surface area contributed by atoms with Gasteiger partial charge in [-0.05, 0) is 30.7 Å². The van der Waals surface area contributed by atoms with E-state index in [0.29, 0.717) is 27.5 Å². The number of amides is 4. The van der Waals surface area contributed by atoms with Crippen molar-refractivity contribution >= 4 is 40.9 Å². The van der Waals surface area contributed by atoms with Crippen LogP contribution in [0, 0.1) is 0 Å². The minimum absolute atomic E-state index is 0.0813. The first-order chi connectivity index (χ1) is 16.4. The van der Waals surface area contributed by atoms with Gasteiger partial charge in [0, 0.05) is 40.4 Å². The Balaban J connectivity index is 1.29. The number of halogens is 1. The molecular weight excluding hydrogens is 460 g/mol. The van der Waals surface area contributed by atoms with Crippen LogP contribution in [0.15, 0.2) is 48.7 Å². The van der Waals surface area contributed by atoms with Crippen molar-refractivity contribution in [3.05, 3.63) is 64.8 Å². The van der Waals surface area contributed by atoms with Crippen molar-refractivity contribution in [1.29, 1.82) is 0 Å². The fraction of sp³-hybridized carbons (Fsp3) is 0.217. The number of imide groups is 1. The second-order valence-corrected chi connectivity index (χ2v) is 8.53. The van der Waals surface area contributed by atoms with E-state index >= 15 is 0 Å². The third-order valence-corrected chi connectivity index (χ3v) is 6.06. The summed E-state index contributed by atoms with van der Waals surface area (Å²) >= 11 is 6.02. The summed E-state index contributed by atoms with van der Waals surface area (Å²) in [4.78, 5) is 50.8. The summed E-state index contributed by atoms with van der Waals surface area (Å²) in [5.41, 5.74) is 2.91. The minimum Gasteiger partial charge on any atom is -0.324 e. The fourth-order valence-corrected chi connectivity index (χ4v) is 4.39. The van der Waals surface area contributed by atoms with Gasteiger partial charge in [0.2, 0.25) is 17.7 Å². The number of rotatable bonds is 5. The first-order valence-electron chi connectivity index (χ1n) is 10.6. The number of fused-ring (bicyclic) bond motifs is 1. The predicted octanol–water partition coefficient (Wildman–Crippen LogP) is 2.00. The van der Waals surface area contributed by atoms with Crippen molar-refractivity contribution in [2.24, 2.45) is 0 Å². The van der Waals surface area contributed by atoms with Crippen LogP contribution >= 0.6 is 11.6 Å². The van der Waals surface area contributed by atoms with Crippen LogP contribution in [0.5, 0.6) is 0 Å². The number of hydrogen-bond acceptors (Lipinski definition) is 6. The van der Waals surface area contributed by atoms with Crippen molar-refractivity contribution in [1.82, 2.24) is 25.2 Å². The Morgan fingerprint density at radius 2 is 2.00 bits per heavy atom. The summed E-state index contributed by atoms with van der Waals surface area (Å²) in [6, 6.07) is 11.5. The Hall–Kier alpha value is -4.05. The molecule has 172 valence electrons. The second-order valence-electron chi connectivity index (χ2n) is 8.09. The molecule has 0 saturated carbocycles. The highest BCUT2D eigenvalue weighted by Crippen LogP contribution is 2.32. The number of aromatic nitrogens is 3. The van der Waals surface area contributed by atoms with Crippen LogP contribution in [-0.2, 0) is 27.5 Å². The smallest absolute Gasteiger partial charge is 0.255 e. The van der Waals surface area contributed by atoms with E-state index in [9.17, 15) is 19.2 Å². The summed E-state index contributed by atoms with van der Waals surface area (Å²) in [6.07, 6.45) is 2.09. The average Bonchev–Trinajstić information content (AvgIpc) is 3.39. The van der Waals surface area contributed by atoms with Gasteiger partial charge < -0.3 is 10.2 Å². The van der Waals surface area contributed by atoms with Gasteiger partial charge in [-0.1, -0.05) is 35.0 Å². The molecule has 1 saturated heterocycles. The zero-order valence-corrected chi connectivity index (χ0v) is 18.6.